The zero-order valence-corrected chi connectivity index (χ0v) is 26.3. The van der Waals surface area contributed by atoms with Gasteiger partial charge >= 0.3 is 6.09 Å². The van der Waals surface area contributed by atoms with Gasteiger partial charge in [-0.3, -0.25) is 9.69 Å². The van der Waals surface area contributed by atoms with Crippen LogP contribution in [0, 0.1) is 0 Å². The maximum absolute atomic E-state index is 12.7. The molecule has 4 heterocycles. The summed E-state index contributed by atoms with van der Waals surface area (Å²) in [5, 5.41) is 3.65. The van der Waals surface area contributed by atoms with Crippen LogP contribution in [0.5, 0.6) is 0 Å². The van der Waals surface area contributed by atoms with E-state index >= 15 is 0 Å². The first-order valence-corrected chi connectivity index (χ1v) is 15.6. The van der Waals surface area contributed by atoms with Crippen LogP contribution in [0.15, 0.2) is 60.9 Å². The van der Waals surface area contributed by atoms with E-state index in [4.69, 9.17) is 0 Å². The highest BCUT2D eigenvalue weighted by molar-refractivity contribution is 7.22. The number of carbonyl (C=O) groups excluding carboxylic acids is 2. The van der Waals surface area contributed by atoms with E-state index in [0.717, 1.165) is 60.1 Å². The smallest absolute Gasteiger partial charge is 0.407 e. The van der Waals surface area contributed by atoms with Crippen LogP contribution in [0.3, 0.4) is 0 Å². The minimum absolute atomic E-state index is 0.114. The quantitative estimate of drug-likeness (QED) is 0.178. The van der Waals surface area contributed by atoms with E-state index < -0.39 is 11.6 Å². The van der Waals surface area contributed by atoms with Gasteiger partial charge in [-0.1, -0.05) is 43.3 Å². The maximum atomic E-state index is 12.7. The number of likely N-dealkylation sites (tertiary alicyclic amines) is 1. The van der Waals surface area contributed by atoms with Crippen LogP contribution >= 0.6 is 11.3 Å². The van der Waals surface area contributed by atoms with Crippen LogP contribution in [0.25, 0.3) is 43.0 Å². The molecule has 1 atom stereocenters. The Morgan fingerprint density at radius 3 is 2.50 bits per heavy atom. The zero-order chi connectivity index (χ0) is 30.8. The number of alkyl carbamates (subject to hydrolysis) is 1. The lowest BCUT2D eigenvalue weighted by atomic mass is 9.85. The number of fused-ring (bicyclic) bond motifs is 1. The number of carbonyl (C=O) groups is 2. The standard InChI is InChI=1S/C33H37N7O3S/c1-5-13-39(3)20-29-34-17-25(37-29)21-6-8-22(9-7-21)27-16-24-11-10-23(15-28(24)44-27)26-18-35-31(38-26)33(2)12-14-40(33)30(41)19-36-32(42)43-4/h6-11,15-18H,5,12-14,19-20H2,1-4H3,(H,34,37)(H,35,38)(H,36,42). The normalized spacial score (nSPS) is 16.3. The number of imidazole rings is 2. The van der Waals surface area contributed by atoms with Gasteiger partial charge in [0.1, 0.15) is 18.2 Å². The van der Waals surface area contributed by atoms with Gasteiger partial charge in [0.2, 0.25) is 5.91 Å². The van der Waals surface area contributed by atoms with Crippen LogP contribution in [0.2, 0.25) is 0 Å². The minimum atomic E-state index is -0.626. The average molecular weight is 612 g/mol. The van der Waals surface area contributed by atoms with E-state index in [1.807, 2.05) is 19.3 Å². The van der Waals surface area contributed by atoms with Crippen molar-refractivity contribution in [3.63, 3.8) is 0 Å². The number of methoxy groups -OCH3 is 1. The maximum Gasteiger partial charge on any atom is 0.407 e. The number of ether oxygens (including phenoxy) is 1. The molecule has 228 valence electrons. The summed E-state index contributed by atoms with van der Waals surface area (Å²) in [6.45, 7) is 6.53. The molecule has 5 aromatic rings. The highest BCUT2D eigenvalue weighted by Crippen LogP contribution is 2.40. The molecule has 1 fully saturated rings. The molecule has 11 heteroatoms. The predicted molar refractivity (Wildman–Crippen MR) is 173 cm³/mol. The Hall–Kier alpha value is -4.48. The van der Waals surface area contributed by atoms with Crippen molar-refractivity contribution < 1.29 is 14.3 Å². The van der Waals surface area contributed by atoms with Crippen molar-refractivity contribution >= 4 is 33.4 Å². The number of nitrogens with one attached hydrogen (secondary N) is 3. The summed E-state index contributed by atoms with van der Waals surface area (Å²) >= 11 is 1.76. The minimum Gasteiger partial charge on any atom is -0.453 e. The molecule has 2 amide bonds. The summed E-state index contributed by atoms with van der Waals surface area (Å²) in [5.41, 5.74) is 4.69. The molecule has 10 nitrogen and oxygen atoms in total. The Balaban J connectivity index is 1.15. The molecule has 2 aromatic carbocycles. The molecular weight excluding hydrogens is 574 g/mol. The third-order valence-corrected chi connectivity index (χ3v) is 9.49. The Kier molecular flexibility index (Phi) is 8.24. The SMILES string of the molecule is CCCN(C)Cc1ncc(-c2ccc(-c3cc4ccc(-c5cnc(C6(C)CCN6C(=O)CNC(=O)OC)[nH]5)cc4s3)cc2)[nH]1. The van der Waals surface area contributed by atoms with Gasteiger partial charge in [0.25, 0.3) is 0 Å². The molecule has 1 saturated heterocycles. The van der Waals surface area contributed by atoms with E-state index in [0.29, 0.717) is 6.54 Å². The van der Waals surface area contributed by atoms with Gasteiger partial charge in [-0.25, -0.2) is 14.8 Å². The number of thiophene rings is 1. The second-order valence-electron chi connectivity index (χ2n) is 11.5. The fourth-order valence-electron chi connectivity index (χ4n) is 5.72. The van der Waals surface area contributed by atoms with E-state index in [-0.39, 0.29) is 12.5 Å². The van der Waals surface area contributed by atoms with E-state index in [2.05, 4.69) is 97.4 Å². The van der Waals surface area contributed by atoms with Crippen molar-refractivity contribution in [1.29, 1.82) is 0 Å². The van der Waals surface area contributed by atoms with E-state index in [9.17, 15) is 9.59 Å². The van der Waals surface area contributed by atoms with Gasteiger partial charge in [0.05, 0.1) is 43.0 Å². The number of aromatic amines is 2. The molecule has 0 spiro atoms. The van der Waals surface area contributed by atoms with Crippen molar-refractivity contribution in [2.24, 2.45) is 0 Å². The predicted octanol–water partition coefficient (Wildman–Crippen LogP) is 5.99. The van der Waals surface area contributed by atoms with Gasteiger partial charge in [0.15, 0.2) is 0 Å². The third-order valence-electron chi connectivity index (χ3n) is 8.34. The van der Waals surface area contributed by atoms with Crippen molar-refractivity contribution in [2.45, 2.75) is 38.8 Å². The summed E-state index contributed by atoms with van der Waals surface area (Å²) in [6.07, 6.45) is 5.02. The average Bonchev–Trinajstić information content (AvgIpc) is 3.79. The van der Waals surface area contributed by atoms with Gasteiger partial charge < -0.3 is 24.9 Å². The van der Waals surface area contributed by atoms with Crippen LogP contribution in [-0.4, -0.2) is 75.5 Å². The lowest BCUT2D eigenvalue weighted by Crippen LogP contribution is -2.60. The Labute approximate surface area is 260 Å². The number of hydrogen-bond acceptors (Lipinski definition) is 7. The number of hydrogen-bond donors (Lipinski definition) is 3. The largest absolute Gasteiger partial charge is 0.453 e. The van der Waals surface area contributed by atoms with Crippen molar-refractivity contribution in [3.05, 3.63) is 72.6 Å². The number of benzene rings is 2. The summed E-state index contributed by atoms with van der Waals surface area (Å²) in [5.74, 6) is 1.53. The molecule has 1 aliphatic heterocycles. The molecular formula is C33H37N7O3S. The lowest BCUT2D eigenvalue weighted by Gasteiger charge is -2.49. The molecule has 0 saturated carbocycles. The van der Waals surface area contributed by atoms with Crippen molar-refractivity contribution in [1.82, 2.24) is 35.1 Å². The molecule has 1 unspecified atom stereocenters. The fraction of sp³-hybridized carbons (Fsp3) is 0.333. The second-order valence-corrected chi connectivity index (χ2v) is 12.6. The van der Waals surface area contributed by atoms with Crippen molar-refractivity contribution in [3.8, 4) is 33.0 Å². The fourth-order valence-corrected chi connectivity index (χ4v) is 6.83. The van der Waals surface area contributed by atoms with Gasteiger partial charge in [0, 0.05) is 21.7 Å². The highest BCUT2D eigenvalue weighted by Gasteiger charge is 2.46. The molecule has 3 aromatic heterocycles. The van der Waals surface area contributed by atoms with Crippen molar-refractivity contribution in [2.75, 3.05) is 33.8 Å². The molecule has 0 radical (unpaired) electrons. The molecule has 0 aliphatic carbocycles. The Bertz CT molecular complexity index is 1790. The monoisotopic (exact) mass is 611 g/mol. The molecule has 0 bridgehead atoms. The van der Waals surface area contributed by atoms with Gasteiger partial charge in [-0.05, 0) is 62.0 Å². The Morgan fingerprint density at radius 2 is 1.77 bits per heavy atom. The van der Waals surface area contributed by atoms with Crippen LogP contribution in [-0.2, 0) is 21.6 Å². The van der Waals surface area contributed by atoms with Crippen LogP contribution < -0.4 is 5.32 Å². The summed E-state index contributed by atoms with van der Waals surface area (Å²) in [6, 6.07) is 17.3. The Morgan fingerprint density at radius 1 is 1.05 bits per heavy atom. The molecule has 3 N–H and O–H groups in total. The van der Waals surface area contributed by atoms with E-state index in [1.165, 1.54) is 27.6 Å². The third kappa shape index (κ3) is 5.85. The number of amides is 2. The molecule has 6 rings (SSSR count). The topological polar surface area (TPSA) is 119 Å². The number of rotatable bonds is 10. The lowest BCUT2D eigenvalue weighted by molar-refractivity contribution is -0.146. The second kappa shape index (κ2) is 12.3. The number of H-pyrrole nitrogens is 2. The number of nitrogens with zero attached hydrogens (tertiary/aromatic N) is 4. The summed E-state index contributed by atoms with van der Waals surface area (Å²) < 4.78 is 5.76. The van der Waals surface area contributed by atoms with E-state index in [1.54, 1.807) is 16.2 Å². The first kappa shape index (κ1) is 29.6. The highest BCUT2D eigenvalue weighted by atomic mass is 32.1. The van der Waals surface area contributed by atoms with Gasteiger partial charge in [-0.15, -0.1) is 11.3 Å². The summed E-state index contributed by atoms with van der Waals surface area (Å²) in [4.78, 5) is 45.5. The van der Waals surface area contributed by atoms with Crippen LogP contribution in [0.4, 0.5) is 4.79 Å². The summed E-state index contributed by atoms with van der Waals surface area (Å²) in [7, 11) is 3.39. The van der Waals surface area contributed by atoms with Crippen LogP contribution in [0.1, 0.15) is 38.3 Å². The van der Waals surface area contributed by atoms with Gasteiger partial charge in [-0.2, -0.15) is 0 Å². The number of aromatic nitrogens is 4. The first-order chi connectivity index (χ1) is 21.3. The first-order valence-electron chi connectivity index (χ1n) is 14.8. The molecule has 44 heavy (non-hydrogen) atoms. The zero-order valence-electron chi connectivity index (χ0n) is 25.4. The molecule has 1 aliphatic rings.